The Morgan fingerprint density at radius 2 is 2.13 bits per heavy atom. The van der Waals surface area contributed by atoms with Crippen LogP contribution < -0.4 is 4.74 Å². The second-order valence-electron chi connectivity index (χ2n) is 3.67. The average molecular weight is 270 g/mol. The van der Waals surface area contributed by atoms with Crippen molar-refractivity contribution in [3.05, 3.63) is 22.8 Å². The number of aromatic nitrogens is 1. The maximum atomic E-state index is 11.0. The monoisotopic (exact) mass is 269 g/mol. The van der Waals surface area contributed by atoms with Crippen LogP contribution in [0.1, 0.15) is 25.7 Å². The molecular weight excluding hydrogens is 258 g/mol. The van der Waals surface area contributed by atoms with Crippen molar-refractivity contribution in [2.24, 2.45) is 0 Å². The van der Waals surface area contributed by atoms with Crippen LogP contribution in [0.2, 0.25) is 0 Å². The van der Waals surface area contributed by atoms with Crippen LogP contribution in [0, 0.1) is 0 Å². The van der Waals surface area contributed by atoms with Crippen LogP contribution in [0.5, 0.6) is 5.88 Å². The van der Waals surface area contributed by atoms with E-state index >= 15 is 0 Å². The highest BCUT2D eigenvalue weighted by atomic mass is 79.9. The van der Waals surface area contributed by atoms with Gasteiger partial charge >= 0.3 is 0 Å². The number of hydrogen-bond acceptors (Lipinski definition) is 3. The lowest BCUT2D eigenvalue weighted by Crippen LogP contribution is -2.24. The van der Waals surface area contributed by atoms with Crippen molar-refractivity contribution in [1.29, 1.82) is 0 Å². The Labute approximate surface area is 97.0 Å². The normalized spacial score (nSPS) is 17.8. The van der Waals surface area contributed by atoms with Gasteiger partial charge in [0.1, 0.15) is 11.9 Å². The second-order valence-corrected chi connectivity index (χ2v) is 4.58. The topological polar surface area (TPSA) is 39.2 Å². The Bertz CT molecular complexity index is 357. The molecule has 15 heavy (non-hydrogen) atoms. The standard InChI is InChI=1S/C11H12BrNO2/c12-8-5-6-13-11(7-8)15-10-3-1-9(14)2-4-10/h5-7,10H,1-4H2. The van der Waals surface area contributed by atoms with Gasteiger partial charge in [0, 0.05) is 29.6 Å². The van der Waals surface area contributed by atoms with Crippen LogP contribution in [-0.4, -0.2) is 16.9 Å². The Morgan fingerprint density at radius 1 is 1.40 bits per heavy atom. The van der Waals surface area contributed by atoms with Crippen molar-refractivity contribution in [3.8, 4) is 5.88 Å². The summed E-state index contributed by atoms with van der Waals surface area (Å²) in [7, 11) is 0. The Kier molecular flexibility index (Phi) is 3.36. The summed E-state index contributed by atoms with van der Waals surface area (Å²) in [4.78, 5) is 15.2. The van der Waals surface area contributed by atoms with Crippen molar-refractivity contribution in [3.63, 3.8) is 0 Å². The molecule has 0 saturated heterocycles. The molecule has 80 valence electrons. The van der Waals surface area contributed by atoms with E-state index in [1.807, 2.05) is 12.1 Å². The molecule has 0 atom stereocenters. The molecule has 0 amide bonds. The van der Waals surface area contributed by atoms with E-state index in [0.29, 0.717) is 24.5 Å². The minimum Gasteiger partial charge on any atom is -0.474 e. The summed E-state index contributed by atoms with van der Waals surface area (Å²) in [5, 5.41) is 0. The molecule has 4 heteroatoms. The number of carbonyl (C=O) groups is 1. The Balaban J connectivity index is 1.94. The Hall–Kier alpha value is -0.900. The highest BCUT2D eigenvalue weighted by Gasteiger charge is 2.20. The molecule has 0 N–H and O–H groups in total. The lowest BCUT2D eigenvalue weighted by Gasteiger charge is -2.21. The van der Waals surface area contributed by atoms with E-state index in [1.54, 1.807) is 6.20 Å². The molecule has 1 aliphatic rings. The minimum absolute atomic E-state index is 0.143. The van der Waals surface area contributed by atoms with Crippen molar-refractivity contribution < 1.29 is 9.53 Å². The number of halogens is 1. The second kappa shape index (κ2) is 4.75. The van der Waals surface area contributed by atoms with Gasteiger partial charge in [0.05, 0.1) is 0 Å². The number of pyridine rings is 1. The summed E-state index contributed by atoms with van der Waals surface area (Å²) in [5.41, 5.74) is 0. The molecule has 3 nitrogen and oxygen atoms in total. The number of rotatable bonds is 2. The molecule has 1 heterocycles. The predicted molar refractivity (Wildman–Crippen MR) is 59.8 cm³/mol. The fourth-order valence-corrected chi connectivity index (χ4v) is 1.97. The number of carbonyl (C=O) groups excluding carboxylic acids is 1. The molecular formula is C11H12BrNO2. The summed E-state index contributed by atoms with van der Waals surface area (Å²) in [6.07, 6.45) is 4.75. The van der Waals surface area contributed by atoms with E-state index in [0.717, 1.165) is 17.3 Å². The van der Waals surface area contributed by atoms with Gasteiger partial charge in [-0.05, 0) is 18.9 Å². The van der Waals surface area contributed by atoms with Crippen LogP contribution in [0.4, 0.5) is 0 Å². The highest BCUT2D eigenvalue weighted by molar-refractivity contribution is 9.10. The number of nitrogens with zero attached hydrogens (tertiary/aromatic N) is 1. The van der Waals surface area contributed by atoms with Crippen LogP contribution >= 0.6 is 15.9 Å². The summed E-state index contributed by atoms with van der Waals surface area (Å²) in [5.74, 6) is 0.973. The third kappa shape index (κ3) is 3.02. The van der Waals surface area contributed by atoms with Crippen LogP contribution in [0.15, 0.2) is 22.8 Å². The van der Waals surface area contributed by atoms with Gasteiger partial charge in [-0.3, -0.25) is 4.79 Å². The van der Waals surface area contributed by atoms with E-state index in [9.17, 15) is 4.79 Å². The fourth-order valence-electron chi connectivity index (χ4n) is 1.65. The lowest BCUT2D eigenvalue weighted by molar-refractivity contribution is -0.121. The number of ketones is 1. The van der Waals surface area contributed by atoms with E-state index < -0.39 is 0 Å². The lowest BCUT2D eigenvalue weighted by atomic mass is 9.96. The summed E-state index contributed by atoms with van der Waals surface area (Å²) >= 11 is 3.36. The zero-order valence-corrected chi connectivity index (χ0v) is 9.87. The number of Topliss-reactive ketones (excluding diaryl/α,β-unsaturated/α-hetero) is 1. The molecule has 0 bridgehead atoms. The van der Waals surface area contributed by atoms with Gasteiger partial charge in [0.15, 0.2) is 0 Å². The van der Waals surface area contributed by atoms with Crippen molar-refractivity contribution in [2.75, 3.05) is 0 Å². The van der Waals surface area contributed by atoms with Crippen molar-refractivity contribution in [2.45, 2.75) is 31.8 Å². The van der Waals surface area contributed by atoms with Crippen molar-refractivity contribution in [1.82, 2.24) is 4.98 Å². The van der Waals surface area contributed by atoms with Crippen LogP contribution in [0.25, 0.3) is 0 Å². The van der Waals surface area contributed by atoms with Gasteiger partial charge in [-0.2, -0.15) is 0 Å². The minimum atomic E-state index is 0.143. The first-order chi connectivity index (χ1) is 7.24. The van der Waals surface area contributed by atoms with Gasteiger partial charge in [0.2, 0.25) is 5.88 Å². The summed E-state index contributed by atoms with van der Waals surface area (Å²) in [6, 6.07) is 3.70. The fraction of sp³-hybridized carbons (Fsp3) is 0.455. The van der Waals surface area contributed by atoms with E-state index in [2.05, 4.69) is 20.9 Å². The molecule has 1 aliphatic carbocycles. The molecule has 1 fully saturated rings. The van der Waals surface area contributed by atoms with Crippen LogP contribution in [-0.2, 0) is 4.79 Å². The third-order valence-electron chi connectivity index (χ3n) is 2.47. The van der Waals surface area contributed by atoms with Gasteiger partial charge in [0.25, 0.3) is 0 Å². The molecule has 0 aromatic carbocycles. The van der Waals surface area contributed by atoms with Crippen LogP contribution in [0.3, 0.4) is 0 Å². The smallest absolute Gasteiger partial charge is 0.214 e. The zero-order valence-electron chi connectivity index (χ0n) is 8.28. The molecule has 0 unspecified atom stereocenters. The van der Waals surface area contributed by atoms with Gasteiger partial charge in [-0.1, -0.05) is 15.9 Å². The van der Waals surface area contributed by atoms with E-state index in [4.69, 9.17) is 4.74 Å². The molecule has 2 rings (SSSR count). The number of ether oxygens (including phenoxy) is 1. The van der Waals surface area contributed by atoms with Gasteiger partial charge < -0.3 is 4.74 Å². The molecule has 0 aliphatic heterocycles. The quantitative estimate of drug-likeness (QED) is 0.829. The largest absolute Gasteiger partial charge is 0.474 e. The Morgan fingerprint density at radius 3 is 2.80 bits per heavy atom. The average Bonchev–Trinajstić information content (AvgIpc) is 2.22. The molecule has 1 aromatic rings. The molecule has 1 saturated carbocycles. The van der Waals surface area contributed by atoms with Gasteiger partial charge in [-0.15, -0.1) is 0 Å². The first-order valence-electron chi connectivity index (χ1n) is 5.04. The summed E-state index contributed by atoms with van der Waals surface area (Å²) < 4.78 is 6.65. The van der Waals surface area contributed by atoms with E-state index in [1.165, 1.54) is 0 Å². The first kappa shape index (κ1) is 10.6. The highest BCUT2D eigenvalue weighted by Crippen LogP contribution is 2.22. The SMILES string of the molecule is O=C1CCC(Oc2cc(Br)ccn2)CC1. The maximum Gasteiger partial charge on any atom is 0.214 e. The molecule has 0 radical (unpaired) electrons. The van der Waals surface area contributed by atoms with Crippen molar-refractivity contribution >= 4 is 21.7 Å². The van der Waals surface area contributed by atoms with Gasteiger partial charge in [-0.25, -0.2) is 4.98 Å². The molecule has 0 spiro atoms. The summed E-state index contributed by atoms with van der Waals surface area (Å²) in [6.45, 7) is 0. The van der Waals surface area contributed by atoms with E-state index in [-0.39, 0.29) is 6.10 Å². The molecule has 1 aromatic heterocycles. The maximum absolute atomic E-state index is 11.0. The predicted octanol–water partition coefficient (Wildman–Crippen LogP) is 2.73. The zero-order chi connectivity index (χ0) is 10.7. The number of hydrogen-bond donors (Lipinski definition) is 0. The first-order valence-corrected chi connectivity index (χ1v) is 5.83. The third-order valence-corrected chi connectivity index (χ3v) is 2.97.